The summed E-state index contributed by atoms with van der Waals surface area (Å²) in [4.78, 5) is 16.0. The van der Waals surface area contributed by atoms with Crippen LogP contribution in [0.25, 0.3) is 11.1 Å². The van der Waals surface area contributed by atoms with Crippen LogP contribution in [-0.2, 0) is 12.8 Å². The smallest absolute Gasteiger partial charge is 0.430 e. The van der Waals surface area contributed by atoms with Gasteiger partial charge in [-0.25, -0.2) is 14.2 Å². The summed E-state index contributed by atoms with van der Waals surface area (Å²) in [6.45, 7) is 3.08. The van der Waals surface area contributed by atoms with Crippen LogP contribution >= 0.6 is 0 Å². The van der Waals surface area contributed by atoms with E-state index in [9.17, 15) is 27.6 Å². The largest absolute Gasteiger partial charge is 0.616 e. The molecule has 1 aliphatic rings. The highest BCUT2D eigenvalue weighted by atomic mass is 19.4. The zero-order valence-corrected chi connectivity index (χ0v) is 18.4. The summed E-state index contributed by atoms with van der Waals surface area (Å²) in [6, 6.07) is 13.5. The number of ether oxygens (including phenoxy) is 1. The maximum Gasteiger partial charge on any atom is 0.430 e. The third-order valence-electron chi connectivity index (χ3n) is 5.66. The first-order valence-electron chi connectivity index (χ1n) is 10.7. The second-order valence-corrected chi connectivity index (χ2v) is 8.07. The lowest BCUT2D eigenvalue weighted by Crippen LogP contribution is -2.13. The van der Waals surface area contributed by atoms with Crippen molar-refractivity contribution < 1.29 is 31.8 Å². The van der Waals surface area contributed by atoms with Gasteiger partial charge in [0.15, 0.2) is 0 Å². The minimum Gasteiger partial charge on any atom is -0.616 e. The number of rotatable bonds is 6. The number of pyridine rings is 1. The van der Waals surface area contributed by atoms with Gasteiger partial charge in [-0.2, -0.15) is 13.2 Å². The first-order chi connectivity index (χ1) is 16.6. The topological polar surface area (TPSA) is 65.3 Å². The van der Waals surface area contributed by atoms with Gasteiger partial charge in [-0.15, -0.1) is 4.74 Å². The maximum atomic E-state index is 14.3. The molecule has 0 aliphatic heterocycles. The zero-order valence-electron chi connectivity index (χ0n) is 18.4. The number of amides is 1. The molecule has 0 saturated carbocycles. The lowest BCUT2D eigenvalue weighted by Gasteiger charge is -2.16. The second kappa shape index (κ2) is 9.69. The number of hydrogen-bond acceptors (Lipinski definition) is 4. The molecule has 0 bridgehead atoms. The summed E-state index contributed by atoms with van der Waals surface area (Å²) in [7, 11) is 0. The Labute approximate surface area is 198 Å². The van der Waals surface area contributed by atoms with Gasteiger partial charge >= 0.3 is 12.1 Å². The molecule has 1 heterocycles. The van der Waals surface area contributed by atoms with Crippen LogP contribution < -0.4 is 4.74 Å². The van der Waals surface area contributed by atoms with Gasteiger partial charge in [0.05, 0.1) is 11.1 Å². The molecule has 1 aliphatic carbocycles. The number of nitrogens with zero attached hydrogens (tertiary/aromatic N) is 2. The van der Waals surface area contributed by atoms with E-state index in [1.54, 1.807) is 0 Å². The van der Waals surface area contributed by atoms with Crippen molar-refractivity contribution in [1.82, 2.24) is 4.98 Å². The second-order valence-electron chi connectivity index (χ2n) is 8.07. The third kappa shape index (κ3) is 5.40. The standard InChI is InChI=1S/C26H20F4N2O3/c1-32(34)25(33)18-10-17(11-20(27)12-18)21-8-5-9-22(21)23-13-19(26(28,29)30)14-31-24(23)35-15-16-6-3-2-4-7-16/h2-4,6-7,10-14H,1,5,8-9,15H2. The summed E-state index contributed by atoms with van der Waals surface area (Å²) in [6.07, 6.45) is -2.46. The molecule has 4 rings (SSSR count). The van der Waals surface area contributed by atoms with E-state index in [1.807, 2.05) is 30.3 Å². The molecule has 2 aromatic carbocycles. The number of carbonyl (C=O) groups excluding carboxylic acids is 1. The van der Waals surface area contributed by atoms with E-state index in [1.165, 1.54) is 12.1 Å². The average molecular weight is 484 g/mol. The molecule has 0 atom stereocenters. The number of aromatic nitrogens is 1. The Kier molecular flexibility index (Phi) is 6.68. The van der Waals surface area contributed by atoms with E-state index in [4.69, 9.17) is 4.74 Å². The minimum atomic E-state index is -4.62. The van der Waals surface area contributed by atoms with Crippen LogP contribution in [0.1, 0.15) is 51.9 Å². The summed E-state index contributed by atoms with van der Waals surface area (Å²) in [5, 5.41) is 11.3. The lowest BCUT2D eigenvalue weighted by molar-refractivity contribution is -0.342. The molecule has 0 fully saturated rings. The van der Waals surface area contributed by atoms with Crippen LogP contribution in [0, 0.1) is 11.0 Å². The summed E-state index contributed by atoms with van der Waals surface area (Å²) in [5.41, 5.74) is 1.20. The van der Waals surface area contributed by atoms with Gasteiger partial charge in [0.2, 0.25) is 5.88 Å². The van der Waals surface area contributed by atoms with Crippen molar-refractivity contribution in [1.29, 1.82) is 0 Å². The quantitative estimate of drug-likeness (QED) is 0.136. The van der Waals surface area contributed by atoms with Crippen LogP contribution in [0.2, 0.25) is 0 Å². The molecule has 0 N–H and O–H groups in total. The fraction of sp³-hybridized carbons (Fsp3) is 0.192. The molecule has 1 aromatic heterocycles. The van der Waals surface area contributed by atoms with Crippen molar-refractivity contribution >= 4 is 23.8 Å². The van der Waals surface area contributed by atoms with E-state index in [0.717, 1.165) is 23.9 Å². The van der Waals surface area contributed by atoms with E-state index in [0.29, 0.717) is 36.0 Å². The number of halogens is 4. The van der Waals surface area contributed by atoms with Crippen molar-refractivity contribution in [3.8, 4) is 5.88 Å². The molecule has 1 amide bonds. The Morgan fingerprint density at radius 1 is 1.09 bits per heavy atom. The lowest BCUT2D eigenvalue weighted by atomic mass is 9.95. The minimum absolute atomic E-state index is 0.0208. The Morgan fingerprint density at radius 2 is 1.80 bits per heavy atom. The molecule has 0 saturated heterocycles. The molecule has 180 valence electrons. The fourth-order valence-corrected chi connectivity index (χ4v) is 4.06. The maximum absolute atomic E-state index is 14.3. The molecule has 0 radical (unpaired) electrons. The number of hydroxylamine groups is 1. The van der Waals surface area contributed by atoms with Crippen LogP contribution in [0.4, 0.5) is 17.6 Å². The summed E-state index contributed by atoms with van der Waals surface area (Å²) in [5.74, 6) is -1.76. The van der Waals surface area contributed by atoms with Crippen molar-refractivity contribution in [2.45, 2.75) is 32.0 Å². The SMILES string of the molecule is C=[N+]([O-])C(=O)c1cc(F)cc(C2=C(c3cc(C(F)(F)F)cnc3OCc3ccccc3)CCC2)c1. The van der Waals surface area contributed by atoms with Crippen molar-refractivity contribution in [3.63, 3.8) is 0 Å². The van der Waals surface area contributed by atoms with Crippen LogP contribution in [0.3, 0.4) is 0 Å². The number of allylic oxidation sites excluding steroid dienone is 2. The number of benzene rings is 2. The average Bonchev–Trinajstić information content (AvgIpc) is 3.31. The van der Waals surface area contributed by atoms with Crippen molar-refractivity contribution in [3.05, 3.63) is 99.6 Å². The predicted molar refractivity (Wildman–Crippen MR) is 122 cm³/mol. The normalized spacial score (nSPS) is 13.7. The van der Waals surface area contributed by atoms with E-state index >= 15 is 0 Å². The van der Waals surface area contributed by atoms with E-state index < -0.39 is 23.5 Å². The van der Waals surface area contributed by atoms with Gasteiger partial charge in [-0.3, -0.25) is 0 Å². The molecule has 3 aromatic rings. The number of carbonyl (C=O) groups is 1. The van der Waals surface area contributed by atoms with E-state index in [2.05, 4.69) is 11.7 Å². The van der Waals surface area contributed by atoms with Gasteiger partial charge in [0, 0.05) is 11.8 Å². The fourth-order valence-electron chi connectivity index (χ4n) is 4.06. The van der Waals surface area contributed by atoms with Gasteiger partial charge in [0.1, 0.15) is 19.1 Å². The molecular weight excluding hydrogens is 464 g/mol. The van der Waals surface area contributed by atoms with E-state index in [-0.39, 0.29) is 28.4 Å². The zero-order chi connectivity index (χ0) is 25.2. The molecular formula is C26H20F4N2O3. The predicted octanol–water partition coefficient (Wildman–Crippen LogP) is 6.26. The van der Waals surface area contributed by atoms with Crippen LogP contribution in [0.5, 0.6) is 5.88 Å². The van der Waals surface area contributed by atoms with Gasteiger partial charge in [-0.05, 0) is 65.8 Å². The van der Waals surface area contributed by atoms with Crippen molar-refractivity contribution in [2.24, 2.45) is 0 Å². The molecule has 0 unspecified atom stereocenters. The van der Waals surface area contributed by atoms with Crippen LogP contribution in [-0.4, -0.2) is 22.3 Å². The first-order valence-corrected chi connectivity index (χ1v) is 10.7. The number of hydrogen-bond donors (Lipinski definition) is 0. The monoisotopic (exact) mass is 484 g/mol. The number of alkyl halides is 3. The van der Waals surface area contributed by atoms with Gasteiger partial charge < -0.3 is 9.94 Å². The molecule has 0 spiro atoms. The Hall–Kier alpha value is -4.01. The van der Waals surface area contributed by atoms with Gasteiger partial charge in [-0.1, -0.05) is 30.3 Å². The molecule has 35 heavy (non-hydrogen) atoms. The highest BCUT2D eigenvalue weighted by Gasteiger charge is 2.33. The van der Waals surface area contributed by atoms with Crippen LogP contribution in [0.15, 0.2) is 60.8 Å². The highest BCUT2D eigenvalue weighted by molar-refractivity contribution is 5.96. The molecule has 9 heteroatoms. The Bertz CT molecular complexity index is 1320. The van der Waals surface area contributed by atoms with Crippen molar-refractivity contribution in [2.75, 3.05) is 0 Å². The highest BCUT2D eigenvalue weighted by Crippen LogP contribution is 2.44. The molecule has 5 nitrogen and oxygen atoms in total. The summed E-state index contributed by atoms with van der Waals surface area (Å²) >= 11 is 0. The Balaban J connectivity index is 1.82. The van der Waals surface area contributed by atoms with Gasteiger partial charge in [0.25, 0.3) is 0 Å². The third-order valence-corrected chi connectivity index (χ3v) is 5.66. The summed E-state index contributed by atoms with van der Waals surface area (Å²) < 4.78 is 60.5. The first kappa shape index (κ1) is 24.1. The Morgan fingerprint density at radius 3 is 2.49 bits per heavy atom.